The number of hydrogen-bond acceptors (Lipinski definition) is 5. The van der Waals surface area contributed by atoms with E-state index in [0.29, 0.717) is 11.4 Å². The van der Waals surface area contributed by atoms with Crippen LogP contribution < -0.4 is 15.0 Å². The smallest absolute Gasteiger partial charge is 0.271 e. The lowest BCUT2D eigenvalue weighted by atomic mass is 10.1. The zero-order valence-electron chi connectivity index (χ0n) is 14.1. The number of amides is 1. The van der Waals surface area contributed by atoms with Crippen molar-refractivity contribution in [2.45, 2.75) is 19.4 Å². The van der Waals surface area contributed by atoms with E-state index in [-0.39, 0.29) is 24.2 Å². The number of carbonyl (C=O) groups is 1. The molecule has 0 saturated heterocycles. The van der Waals surface area contributed by atoms with Gasteiger partial charge < -0.3 is 15.0 Å². The summed E-state index contributed by atoms with van der Waals surface area (Å²) in [6.07, 6.45) is 0.892. The summed E-state index contributed by atoms with van der Waals surface area (Å²) < 4.78 is 5.18. The number of nitrogens with one attached hydrogen (secondary N) is 1. The number of ether oxygens (including phenoxy) is 1. The number of para-hydroxylation sites is 1. The van der Waals surface area contributed by atoms with Crippen LogP contribution in [0.5, 0.6) is 5.75 Å². The van der Waals surface area contributed by atoms with Crippen molar-refractivity contribution in [1.29, 1.82) is 0 Å². The van der Waals surface area contributed by atoms with Crippen LogP contribution in [-0.2, 0) is 11.2 Å². The summed E-state index contributed by atoms with van der Waals surface area (Å²) in [6.45, 7) is 2.24. The first-order valence-electron chi connectivity index (χ1n) is 7.96. The standard InChI is InChI=1S/C18H19N3O4/c1-12-9-13-5-3-4-6-16(13)20(12)11-18(22)19-15-10-14(21(23)24)7-8-17(15)25-2/h3-8,10,12H,9,11H2,1-2H3,(H,19,22)/t12-/m0/s1. The van der Waals surface area contributed by atoms with Crippen LogP contribution in [0, 0.1) is 10.1 Å². The fraction of sp³-hybridized carbons (Fsp3) is 0.278. The molecule has 130 valence electrons. The van der Waals surface area contributed by atoms with Crippen molar-refractivity contribution in [3.05, 3.63) is 58.1 Å². The number of benzene rings is 2. The van der Waals surface area contributed by atoms with E-state index in [0.717, 1.165) is 12.1 Å². The molecule has 0 saturated carbocycles. The summed E-state index contributed by atoms with van der Waals surface area (Å²) in [7, 11) is 1.45. The average molecular weight is 341 g/mol. The molecule has 0 spiro atoms. The molecule has 0 fully saturated rings. The topological polar surface area (TPSA) is 84.7 Å². The highest BCUT2D eigenvalue weighted by atomic mass is 16.6. The first-order chi connectivity index (χ1) is 12.0. The predicted molar refractivity (Wildman–Crippen MR) is 95.2 cm³/mol. The Morgan fingerprint density at radius 3 is 2.84 bits per heavy atom. The quantitative estimate of drug-likeness (QED) is 0.667. The van der Waals surface area contributed by atoms with Gasteiger partial charge in [0.2, 0.25) is 5.91 Å². The third-order valence-corrected chi connectivity index (χ3v) is 4.33. The summed E-state index contributed by atoms with van der Waals surface area (Å²) >= 11 is 0. The van der Waals surface area contributed by atoms with Gasteiger partial charge in [0.15, 0.2) is 0 Å². The number of rotatable bonds is 5. The Bertz CT molecular complexity index is 822. The van der Waals surface area contributed by atoms with Crippen molar-refractivity contribution in [2.24, 2.45) is 0 Å². The van der Waals surface area contributed by atoms with Gasteiger partial charge in [0.05, 0.1) is 24.3 Å². The van der Waals surface area contributed by atoms with Crippen molar-refractivity contribution in [3.8, 4) is 5.75 Å². The molecular weight excluding hydrogens is 322 g/mol. The van der Waals surface area contributed by atoms with Gasteiger partial charge in [-0.1, -0.05) is 18.2 Å². The number of non-ortho nitro benzene ring substituents is 1. The van der Waals surface area contributed by atoms with Crippen LogP contribution in [0.1, 0.15) is 12.5 Å². The van der Waals surface area contributed by atoms with E-state index < -0.39 is 4.92 Å². The Hall–Kier alpha value is -3.09. The fourth-order valence-corrected chi connectivity index (χ4v) is 3.12. The lowest BCUT2D eigenvalue weighted by molar-refractivity contribution is -0.384. The summed E-state index contributed by atoms with van der Waals surface area (Å²) in [5, 5.41) is 13.7. The zero-order valence-corrected chi connectivity index (χ0v) is 14.1. The number of carbonyl (C=O) groups excluding carboxylic acids is 1. The molecule has 1 N–H and O–H groups in total. The minimum absolute atomic E-state index is 0.101. The third-order valence-electron chi connectivity index (χ3n) is 4.33. The minimum atomic E-state index is -0.506. The maximum atomic E-state index is 12.5. The van der Waals surface area contributed by atoms with Crippen molar-refractivity contribution in [1.82, 2.24) is 0 Å². The number of nitro benzene ring substituents is 1. The number of nitrogens with zero attached hydrogens (tertiary/aromatic N) is 2. The highest BCUT2D eigenvalue weighted by molar-refractivity contribution is 5.96. The van der Waals surface area contributed by atoms with Gasteiger partial charge in [-0.15, -0.1) is 0 Å². The van der Waals surface area contributed by atoms with E-state index in [4.69, 9.17) is 4.74 Å². The maximum absolute atomic E-state index is 12.5. The van der Waals surface area contributed by atoms with E-state index >= 15 is 0 Å². The highest BCUT2D eigenvalue weighted by Crippen LogP contribution is 2.32. The molecule has 0 radical (unpaired) electrons. The summed E-state index contributed by atoms with van der Waals surface area (Å²) in [4.78, 5) is 25.0. The molecule has 1 atom stereocenters. The third kappa shape index (κ3) is 3.40. The van der Waals surface area contributed by atoms with Gasteiger partial charge in [-0.3, -0.25) is 14.9 Å². The molecule has 0 aromatic heterocycles. The molecule has 1 amide bonds. The first-order valence-corrected chi connectivity index (χ1v) is 7.96. The summed E-state index contributed by atoms with van der Waals surface area (Å²) in [6, 6.07) is 12.3. The Morgan fingerprint density at radius 2 is 2.12 bits per heavy atom. The zero-order chi connectivity index (χ0) is 18.0. The van der Waals surface area contributed by atoms with Gasteiger partial charge in [0.25, 0.3) is 5.69 Å². The normalized spacial score (nSPS) is 15.6. The maximum Gasteiger partial charge on any atom is 0.271 e. The van der Waals surface area contributed by atoms with Gasteiger partial charge in [-0.2, -0.15) is 0 Å². The van der Waals surface area contributed by atoms with E-state index in [1.54, 1.807) is 0 Å². The Labute approximate surface area is 145 Å². The van der Waals surface area contributed by atoms with Crippen molar-refractivity contribution in [2.75, 3.05) is 23.9 Å². The molecule has 3 rings (SSSR count). The second-order valence-electron chi connectivity index (χ2n) is 6.00. The van der Waals surface area contributed by atoms with Gasteiger partial charge in [-0.05, 0) is 31.0 Å². The second-order valence-corrected chi connectivity index (χ2v) is 6.00. The second kappa shape index (κ2) is 6.80. The van der Waals surface area contributed by atoms with Gasteiger partial charge in [0.1, 0.15) is 5.75 Å². The minimum Gasteiger partial charge on any atom is -0.495 e. The molecule has 2 aromatic carbocycles. The molecule has 25 heavy (non-hydrogen) atoms. The van der Waals surface area contributed by atoms with E-state index in [1.165, 1.54) is 30.9 Å². The lowest BCUT2D eigenvalue weighted by Gasteiger charge is -2.24. The number of nitro groups is 1. The molecule has 1 heterocycles. The number of fused-ring (bicyclic) bond motifs is 1. The van der Waals surface area contributed by atoms with Gasteiger partial charge in [-0.25, -0.2) is 0 Å². The van der Waals surface area contributed by atoms with Crippen molar-refractivity contribution in [3.63, 3.8) is 0 Å². The highest BCUT2D eigenvalue weighted by Gasteiger charge is 2.27. The van der Waals surface area contributed by atoms with E-state index in [1.807, 2.05) is 23.1 Å². The van der Waals surface area contributed by atoms with Crippen LogP contribution in [-0.4, -0.2) is 30.5 Å². The molecule has 7 nitrogen and oxygen atoms in total. The Balaban J connectivity index is 1.77. The van der Waals surface area contributed by atoms with Crippen LogP contribution >= 0.6 is 0 Å². The monoisotopic (exact) mass is 341 g/mol. The van der Waals surface area contributed by atoms with Crippen LogP contribution in [0.3, 0.4) is 0 Å². The molecule has 7 heteroatoms. The molecule has 1 aliphatic rings. The SMILES string of the molecule is COc1ccc([N+](=O)[O-])cc1NC(=O)CN1c2ccccc2C[C@@H]1C. The van der Waals surface area contributed by atoms with E-state index in [2.05, 4.69) is 18.3 Å². The number of hydrogen-bond donors (Lipinski definition) is 1. The van der Waals surface area contributed by atoms with Crippen LogP contribution in [0.4, 0.5) is 17.1 Å². The number of anilines is 2. The van der Waals surface area contributed by atoms with Gasteiger partial charge in [0, 0.05) is 23.9 Å². The van der Waals surface area contributed by atoms with Crippen LogP contribution in [0.25, 0.3) is 0 Å². The predicted octanol–water partition coefficient (Wildman–Crippen LogP) is 2.99. The number of methoxy groups -OCH3 is 1. The van der Waals surface area contributed by atoms with Crippen LogP contribution in [0.15, 0.2) is 42.5 Å². The Morgan fingerprint density at radius 1 is 1.36 bits per heavy atom. The molecular formula is C18H19N3O4. The fourth-order valence-electron chi connectivity index (χ4n) is 3.12. The summed E-state index contributed by atoms with van der Waals surface area (Å²) in [5.74, 6) is 0.135. The average Bonchev–Trinajstić information content (AvgIpc) is 2.90. The molecule has 2 aromatic rings. The van der Waals surface area contributed by atoms with Crippen molar-refractivity contribution >= 4 is 23.0 Å². The largest absolute Gasteiger partial charge is 0.495 e. The Kier molecular flexibility index (Phi) is 4.56. The van der Waals surface area contributed by atoms with E-state index in [9.17, 15) is 14.9 Å². The molecule has 0 aliphatic carbocycles. The van der Waals surface area contributed by atoms with Gasteiger partial charge >= 0.3 is 0 Å². The first kappa shape index (κ1) is 16.8. The lowest BCUT2D eigenvalue weighted by Crippen LogP contribution is -2.37. The molecule has 0 bridgehead atoms. The van der Waals surface area contributed by atoms with Crippen LogP contribution in [0.2, 0.25) is 0 Å². The molecule has 0 unspecified atom stereocenters. The van der Waals surface area contributed by atoms with Crippen molar-refractivity contribution < 1.29 is 14.5 Å². The summed E-state index contributed by atoms with van der Waals surface area (Å²) in [5.41, 5.74) is 2.46. The molecule has 1 aliphatic heterocycles.